The van der Waals surface area contributed by atoms with Gasteiger partial charge in [-0.1, -0.05) is 19.9 Å². The zero-order valence-corrected chi connectivity index (χ0v) is 10.0. The molecule has 0 bridgehead atoms. The molecule has 0 saturated carbocycles. The largest absolute Gasteiger partial charge is 0.494 e. The lowest BCUT2D eigenvalue weighted by atomic mass is 9.99. The SMILES string of the molecule is COc1ccc(CC(O)CC(C)C)cc1F. The Hall–Kier alpha value is -1.09. The van der Waals surface area contributed by atoms with Gasteiger partial charge in [0, 0.05) is 0 Å². The molecular formula is C13H19FO2. The summed E-state index contributed by atoms with van der Waals surface area (Å²) < 4.78 is 18.2. The van der Waals surface area contributed by atoms with Gasteiger partial charge >= 0.3 is 0 Å². The topological polar surface area (TPSA) is 29.5 Å². The van der Waals surface area contributed by atoms with Crippen molar-refractivity contribution in [1.29, 1.82) is 0 Å². The number of ether oxygens (including phenoxy) is 1. The van der Waals surface area contributed by atoms with Crippen molar-refractivity contribution in [2.45, 2.75) is 32.8 Å². The number of hydrogen-bond acceptors (Lipinski definition) is 2. The Morgan fingerprint density at radius 3 is 2.56 bits per heavy atom. The Labute approximate surface area is 96.1 Å². The maximum Gasteiger partial charge on any atom is 0.165 e. The summed E-state index contributed by atoms with van der Waals surface area (Å²) >= 11 is 0. The summed E-state index contributed by atoms with van der Waals surface area (Å²) in [6.07, 6.45) is 0.806. The molecule has 1 atom stereocenters. The monoisotopic (exact) mass is 226 g/mol. The second kappa shape index (κ2) is 5.85. The van der Waals surface area contributed by atoms with Crippen LogP contribution in [0.5, 0.6) is 5.75 Å². The highest BCUT2D eigenvalue weighted by Gasteiger charge is 2.10. The number of hydrogen-bond donors (Lipinski definition) is 1. The van der Waals surface area contributed by atoms with Crippen molar-refractivity contribution < 1.29 is 14.2 Å². The van der Waals surface area contributed by atoms with Crippen molar-refractivity contribution in [2.75, 3.05) is 7.11 Å². The molecule has 0 aliphatic heterocycles. The van der Waals surface area contributed by atoms with Gasteiger partial charge in [-0.15, -0.1) is 0 Å². The fourth-order valence-electron chi connectivity index (χ4n) is 1.74. The van der Waals surface area contributed by atoms with Crippen LogP contribution in [-0.4, -0.2) is 18.3 Å². The molecule has 2 nitrogen and oxygen atoms in total. The summed E-state index contributed by atoms with van der Waals surface area (Å²) in [5.41, 5.74) is 0.798. The summed E-state index contributed by atoms with van der Waals surface area (Å²) in [6, 6.07) is 4.79. The molecule has 0 aliphatic carbocycles. The van der Waals surface area contributed by atoms with Gasteiger partial charge in [0.25, 0.3) is 0 Å². The Balaban J connectivity index is 2.64. The summed E-state index contributed by atoms with van der Waals surface area (Å²) in [5, 5.41) is 9.74. The van der Waals surface area contributed by atoms with Crippen molar-refractivity contribution in [2.24, 2.45) is 5.92 Å². The fraction of sp³-hybridized carbons (Fsp3) is 0.538. The molecule has 90 valence electrons. The highest BCUT2D eigenvalue weighted by molar-refractivity contribution is 5.29. The first-order valence-electron chi connectivity index (χ1n) is 5.53. The maximum absolute atomic E-state index is 13.4. The minimum atomic E-state index is -0.409. The van der Waals surface area contributed by atoms with E-state index in [4.69, 9.17) is 4.74 Å². The fourth-order valence-corrected chi connectivity index (χ4v) is 1.74. The highest BCUT2D eigenvalue weighted by atomic mass is 19.1. The molecule has 1 aromatic rings. The van der Waals surface area contributed by atoms with E-state index in [0.717, 1.165) is 12.0 Å². The first-order valence-corrected chi connectivity index (χ1v) is 5.53. The smallest absolute Gasteiger partial charge is 0.165 e. The third kappa shape index (κ3) is 3.81. The molecule has 3 heteroatoms. The molecule has 0 saturated heterocycles. The lowest BCUT2D eigenvalue weighted by molar-refractivity contribution is 0.149. The maximum atomic E-state index is 13.4. The van der Waals surface area contributed by atoms with Gasteiger partial charge in [-0.25, -0.2) is 4.39 Å². The molecule has 0 fully saturated rings. The van der Waals surface area contributed by atoms with E-state index in [-0.39, 0.29) is 11.6 Å². The highest BCUT2D eigenvalue weighted by Crippen LogP contribution is 2.19. The van der Waals surface area contributed by atoms with Gasteiger partial charge in [-0.2, -0.15) is 0 Å². The second-order valence-corrected chi connectivity index (χ2v) is 4.46. The Morgan fingerprint density at radius 1 is 1.38 bits per heavy atom. The van der Waals surface area contributed by atoms with Gasteiger partial charge in [-0.05, 0) is 36.5 Å². The van der Waals surface area contributed by atoms with Gasteiger partial charge in [0.1, 0.15) is 0 Å². The van der Waals surface area contributed by atoms with Crippen LogP contribution in [0.15, 0.2) is 18.2 Å². The van der Waals surface area contributed by atoms with E-state index in [9.17, 15) is 9.50 Å². The zero-order valence-electron chi connectivity index (χ0n) is 10.0. The van der Waals surface area contributed by atoms with Gasteiger partial charge in [0.15, 0.2) is 11.6 Å². The van der Waals surface area contributed by atoms with E-state index in [1.807, 2.05) is 0 Å². The van der Waals surface area contributed by atoms with Crippen LogP contribution in [0.25, 0.3) is 0 Å². The molecule has 0 heterocycles. The Bertz CT molecular complexity index is 337. The van der Waals surface area contributed by atoms with Gasteiger partial charge in [-0.3, -0.25) is 0 Å². The van der Waals surface area contributed by atoms with E-state index < -0.39 is 6.10 Å². The quantitative estimate of drug-likeness (QED) is 0.836. The van der Waals surface area contributed by atoms with Gasteiger partial charge in [0.05, 0.1) is 13.2 Å². The summed E-state index contributed by atoms with van der Waals surface area (Å²) in [7, 11) is 1.44. The van der Waals surface area contributed by atoms with Crippen molar-refractivity contribution in [1.82, 2.24) is 0 Å². The van der Waals surface area contributed by atoms with Crippen LogP contribution in [0.3, 0.4) is 0 Å². The Morgan fingerprint density at radius 2 is 2.06 bits per heavy atom. The molecular weight excluding hydrogens is 207 g/mol. The van der Waals surface area contributed by atoms with Gasteiger partial charge < -0.3 is 9.84 Å². The normalized spacial score (nSPS) is 12.9. The number of aliphatic hydroxyl groups is 1. The Kier molecular flexibility index (Phi) is 4.74. The summed E-state index contributed by atoms with van der Waals surface area (Å²) in [6.45, 7) is 4.11. The first-order chi connectivity index (χ1) is 7.52. The third-order valence-corrected chi connectivity index (χ3v) is 2.43. The van der Waals surface area contributed by atoms with Crippen LogP contribution < -0.4 is 4.74 Å². The van der Waals surface area contributed by atoms with Crippen molar-refractivity contribution in [3.63, 3.8) is 0 Å². The predicted molar refractivity (Wildman–Crippen MR) is 62.1 cm³/mol. The number of benzene rings is 1. The molecule has 0 spiro atoms. The lowest BCUT2D eigenvalue weighted by Crippen LogP contribution is -2.13. The molecule has 0 aliphatic rings. The molecule has 1 unspecified atom stereocenters. The molecule has 0 aromatic heterocycles. The van der Waals surface area contributed by atoms with Crippen LogP contribution in [0.4, 0.5) is 4.39 Å². The van der Waals surface area contributed by atoms with E-state index in [0.29, 0.717) is 12.3 Å². The van der Waals surface area contributed by atoms with Crippen molar-refractivity contribution in [3.05, 3.63) is 29.6 Å². The summed E-state index contributed by atoms with van der Waals surface area (Å²) in [5.74, 6) is 0.303. The van der Waals surface area contributed by atoms with E-state index in [1.54, 1.807) is 12.1 Å². The van der Waals surface area contributed by atoms with Crippen molar-refractivity contribution in [3.8, 4) is 5.75 Å². The molecule has 16 heavy (non-hydrogen) atoms. The van der Waals surface area contributed by atoms with Gasteiger partial charge in [0.2, 0.25) is 0 Å². The molecule has 0 radical (unpaired) electrons. The zero-order chi connectivity index (χ0) is 12.1. The van der Waals surface area contributed by atoms with Crippen LogP contribution in [0, 0.1) is 11.7 Å². The van der Waals surface area contributed by atoms with Crippen LogP contribution in [-0.2, 0) is 6.42 Å². The second-order valence-electron chi connectivity index (χ2n) is 4.46. The minimum absolute atomic E-state index is 0.238. The standard InChI is InChI=1S/C13H19FO2/c1-9(2)6-11(15)7-10-4-5-13(16-3)12(14)8-10/h4-5,8-9,11,15H,6-7H2,1-3H3. The van der Waals surface area contributed by atoms with Crippen molar-refractivity contribution >= 4 is 0 Å². The average Bonchev–Trinajstić information content (AvgIpc) is 2.16. The molecule has 1 N–H and O–H groups in total. The summed E-state index contributed by atoms with van der Waals surface area (Å²) in [4.78, 5) is 0. The molecule has 0 amide bonds. The first kappa shape index (κ1) is 13.0. The van der Waals surface area contributed by atoms with E-state index in [2.05, 4.69) is 13.8 Å². The van der Waals surface area contributed by atoms with Crippen LogP contribution in [0.1, 0.15) is 25.8 Å². The predicted octanol–water partition coefficient (Wildman–Crippen LogP) is 2.78. The minimum Gasteiger partial charge on any atom is -0.494 e. The van der Waals surface area contributed by atoms with E-state index in [1.165, 1.54) is 13.2 Å². The molecule has 1 aromatic carbocycles. The number of halogens is 1. The third-order valence-electron chi connectivity index (χ3n) is 2.43. The molecule has 1 rings (SSSR count). The van der Waals surface area contributed by atoms with Crippen LogP contribution >= 0.6 is 0 Å². The lowest BCUT2D eigenvalue weighted by Gasteiger charge is -2.13. The number of rotatable bonds is 5. The number of aliphatic hydroxyl groups excluding tert-OH is 1. The average molecular weight is 226 g/mol. The van der Waals surface area contributed by atoms with Crippen LogP contribution in [0.2, 0.25) is 0 Å². The number of methoxy groups -OCH3 is 1. The van der Waals surface area contributed by atoms with E-state index >= 15 is 0 Å².